The van der Waals surface area contributed by atoms with Gasteiger partial charge in [0.25, 0.3) is 6.47 Å². The van der Waals surface area contributed by atoms with Gasteiger partial charge in [-0.1, -0.05) is 11.6 Å². The van der Waals surface area contributed by atoms with Crippen LogP contribution in [0.25, 0.3) is 0 Å². The number of rotatable bonds is 4. The van der Waals surface area contributed by atoms with Crippen LogP contribution in [0.1, 0.15) is 10.4 Å². The zero-order valence-electron chi connectivity index (χ0n) is 8.74. The molecule has 0 aromatic heterocycles. The highest BCUT2D eigenvalue weighted by molar-refractivity contribution is 6.31. The predicted octanol–water partition coefficient (Wildman–Crippen LogP) is 1.70. The maximum absolute atomic E-state index is 11.4. The van der Waals surface area contributed by atoms with E-state index in [4.69, 9.17) is 16.3 Å². The Morgan fingerprint density at radius 1 is 1.50 bits per heavy atom. The predicted molar refractivity (Wildman–Crippen MR) is 59.0 cm³/mol. The van der Waals surface area contributed by atoms with Crippen molar-refractivity contribution in [2.75, 3.05) is 19.5 Å². The first-order valence-electron chi connectivity index (χ1n) is 4.34. The van der Waals surface area contributed by atoms with Crippen molar-refractivity contribution >= 4 is 29.7 Å². The molecule has 1 rings (SSSR count). The van der Waals surface area contributed by atoms with E-state index in [1.165, 1.54) is 19.2 Å². The average Bonchev–Trinajstić information content (AvgIpc) is 2.29. The number of methoxy groups -OCH3 is 1. The van der Waals surface area contributed by atoms with E-state index in [1.807, 2.05) is 0 Å². The molecule has 0 aliphatic rings. The molecule has 0 heterocycles. The summed E-state index contributed by atoms with van der Waals surface area (Å²) < 4.78 is 9.29. The number of hydrogen-bond donors (Lipinski definition) is 1. The lowest BCUT2D eigenvalue weighted by Crippen LogP contribution is -2.07. The number of esters is 1. The van der Waals surface area contributed by atoms with Crippen LogP contribution in [0.2, 0.25) is 5.02 Å². The Balaban J connectivity index is 3.37. The number of halogens is 1. The monoisotopic (exact) mass is 243 g/mol. The van der Waals surface area contributed by atoms with Crippen molar-refractivity contribution in [3.05, 3.63) is 22.7 Å². The van der Waals surface area contributed by atoms with Crippen molar-refractivity contribution in [2.24, 2.45) is 0 Å². The van der Waals surface area contributed by atoms with Gasteiger partial charge >= 0.3 is 5.97 Å². The molecule has 0 radical (unpaired) electrons. The minimum atomic E-state index is -0.629. The molecule has 0 aliphatic carbocycles. The summed E-state index contributed by atoms with van der Waals surface area (Å²) in [6.45, 7) is 0.233. The van der Waals surface area contributed by atoms with E-state index < -0.39 is 5.97 Å². The van der Waals surface area contributed by atoms with Crippen LogP contribution in [0, 0.1) is 0 Å². The van der Waals surface area contributed by atoms with Crippen LogP contribution in [-0.2, 0) is 9.53 Å². The molecule has 0 spiro atoms. The van der Waals surface area contributed by atoms with Crippen molar-refractivity contribution in [3.8, 4) is 5.75 Å². The molecule has 0 saturated heterocycles. The highest BCUT2D eigenvalue weighted by atomic mass is 35.5. The summed E-state index contributed by atoms with van der Waals surface area (Å²) in [5.74, 6) is -0.537. The Bertz CT molecular complexity index is 420. The molecule has 16 heavy (non-hydrogen) atoms. The smallest absolute Gasteiger partial charge is 0.341 e. The fourth-order valence-corrected chi connectivity index (χ4v) is 1.43. The molecule has 5 nitrogen and oxygen atoms in total. The summed E-state index contributed by atoms with van der Waals surface area (Å²) >= 11 is 5.81. The summed E-state index contributed by atoms with van der Waals surface area (Å²) in [5, 5.41) is 3.10. The summed E-state index contributed by atoms with van der Waals surface area (Å²) in [5.41, 5.74) is 0.520. The minimum absolute atomic E-state index is 0.0893. The van der Waals surface area contributed by atoms with E-state index in [0.717, 1.165) is 0 Å². The molecule has 0 saturated carbocycles. The highest BCUT2D eigenvalue weighted by Crippen LogP contribution is 2.32. The molecule has 1 aromatic rings. The van der Waals surface area contributed by atoms with Crippen LogP contribution in [0.4, 0.5) is 5.69 Å². The van der Waals surface area contributed by atoms with Crippen molar-refractivity contribution < 1.29 is 19.1 Å². The van der Waals surface area contributed by atoms with Gasteiger partial charge in [-0.05, 0) is 12.1 Å². The molecule has 1 N–H and O–H groups in total. The fraction of sp³-hybridized carbons (Fsp3) is 0.200. The number of benzene rings is 1. The van der Waals surface area contributed by atoms with Gasteiger partial charge in [-0.15, -0.1) is 0 Å². The maximum Gasteiger partial charge on any atom is 0.341 e. The van der Waals surface area contributed by atoms with E-state index in [0.29, 0.717) is 10.7 Å². The SMILES string of the molecule is CNc1cc(Cl)cc(C(=O)OC)c1OC=O. The third-order valence-corrected chi connectivity index (χ3v) is 2.11. The Morgan fingerprint density at radius 2 is 2.19 bits per heavy atom. The number of hydrogen-bond acceptors (Lipinski definition) is 5. The van der Waals surface area contributed by atoms with Crippen molar-refractivity contribution in [3.63, 3.8) is 0 Å². The number of carbonyl (C=O) groups is 2. The Hall–Kier alpha value is -1.75. The maximum atomic E-state index is 11.4. The average molecular weight is 244 g/mol. The number of anilines is 1. The summed E-state index contributed by atoms with van der Waals surface area (Å²) in [7, 11) is 2.84. The molecule has 6 heteroatoms. The van der Waals surface area contributed by atoms with Gasteiger partial charge in [-0.25, -0.2) is 4.79 Å². The molecule has 0 bridgehead atoms. The van der Waals surface area contributed by atoms with E-state index in [1.54, 1.807) is 7.05 Å². The van der Waals surface area contributed by atoms with Gasteiger partial charge in [0.05, 0.1) is 12.8 Å². The molecule has 0 aliphatic heterocycles. The standard InChI is InChI=1S/C10H10ClNO4/c1-12-8-4-6(11)3-7(10(14)15-2)9(8)16-5-13/h3-5,12H,1-2H3. The van der Waals surface area contributed by atoms with E-state index >= 15 is 0 Å². The summed E-state index contributed by atoms with van der Waals surface area (Å²) in [6, 6.07) is 2.90. The molecular formula is C10H10ClNO4. The molecule has 86 valence electrons. The van der Waals surface area contributed by atoms with Crippen LogP contribution in [-0.4, -0.2) is 26.6 Å². The second-order valence-electron chi connectivity index (χ2n) is 2.79. The number of nitrogens with one attached hydrogen (secondary N) is 1. The van der Waals surface area contributed by atoms with Crippen LogP contribution in [0.15, 0.2) is 12.1 Å². The first-order valence-corrected chi connectivity index (χ1v) is 4.71. The lowest BCUT2D eigenvalue weighted by Gasteiger charge is -2.11. The van der Waals surface area contributed by atoms with Gasteiger partial charge in [-0.3, -0.25) is 4.79 Å². The van der Waals surface area contributed by atoms with Crippen LogP contribution in [0.3, 0.4) is 0 Å². The topological polar surface area (TPSA) is 64.6 Å². The first kappa shape index (κ1) is 12.3. The van der Waals surface area contributed by atoms with Gasteiger partial charge < -0.3 is 14.8 Å². The van der Waals surface area contributed by atoms with Crippen LogP contribution >= 0.6 is 11.6 Å². The molecule has 0 amide bonds. The lowest BCUT2D eigenvalue weighted by molar-refractivity contribution is -0.120. The first-order chi connectivity index (χ1) is 7.63. The second kappa shape index (κ2) is 5.37. The summed E-state index contributed by atoms with van der Waals surface area (Å²) in [4.78, 5) is 21.8. The van der Waals surface area contributed by atoms with E-state index in [-0.39, 0.29) is 17.8 Å². The fourth-order valence-electron chi connectivity index (χ4n) is 1.22. The Kier molecular flexibility index (Phi) is 4.13. The van der Waals surface area contributed by atoms with Gasteiger partial charge in [-0.2, -0.15) is 0 Å². The molecule has 0 atom stereocenters. The molecule has 1 aromatic carbocycles. The van der Waals surface area contributed by atoms with Gasteiger partial charge in [0.1, 0.15) is 5.56 Å². The van der Waals surface area contributed by atoms with E-state index in [9.17, 15) is 9.59 Å². The number of carbonyl (C=O) groups excluding carboxylic acids is 2. The normalized spacial score (nSPS) is 9.44. The zero-order valence-corrected chi connectivity index (χ0v) is 9.50. The lowest BCUT2D eigenvalue weighted by atomic mass is 10.1. The quantitative estimate of drug-likeness (QED) is 0.644. The van der Waals surface area contributed by atoms with Crippen molar-refractivity contribution in [2.45, 2.75) is 0 Å². The van der Waals surface area contributed by atoms with Crippen molar-refractivity contribution in [1.82, 2.24) is 0 Å². The number of ether oxygens (including phenoxy) is 2. The second-order valence-corrected chi connectivity index (χ2v) is 3.22. The van der Waals surface area contributed by atoms with Crippen LogP contribution in [0.5, 0.6) is 5.75 Å². The Labute approximate surface area is 97.3 Å². The highest BCUT2D eigenvalue weighted by Gasteiger charge is 2.18. The van der Waals surface area contributed by atoms with Gasteiger partial charge in [0, 0.05) is 12.1 Å². The third-order valence-electron chi connectivity index (χ3n) is 1.89. The molecular weight excluding hydrogens is 234 g/mol. The van der Waals surface area contributed by atoms with Crippen LogP contribution < -0.4 is 10.1 Å². The molecule has 0 unspecified atom stereocenters. The van der Waals surface area contributed by atoms with E-state index in [2.05, 4.69) is 10.1 Å². The largest absolute Gasteiger partial charge is 0.465 e. The third kappa shape index (κ3) is 2.43. The van der Waals surface area contributed by atoms with Gasteiger partial charge in [0.2, 0.25) is 0 Å². The zero-order chi connectivity index (χ0) is 12.1. The Morgan fingerprint density at radius 3 is 2.69 bits per heavy atom. The molecule has 0 fully saturated rings. The minimum Gasteiger partial charge on any atom is -0.465 e. The van der Waals surface area contributed by atoms with Crippen molar-refractivity contribution in [1.29, 1.82) is 0 Å². The van der Waals surface area contributed by atoms with Gasteiger partial charge in [0.15, 0.2) is 5.75 Å². The summed E-state index contributed by atoms with van der Waals surface area (Å²) in [6.07, 6.45) is 0.